The van der Waals surface area contributed by atoms with Gasteiger partial charge in [-0.1, -0.05) is 67.6 Å². The number of phenols is 1. The summed E-state index contributed by atoms with van der Waals surface area (Å²) in [5, 5.41) is 23.6. The Morgan fingerprint density at radius 2 is 1.78 bits per heavy atom. The Balaban J connectivity index is 1.30. The average molecular weight is 638 g/mol. The van der Waals surface area contributed by atoms with Gasteiger partial charge in [0.1, 0.15) is 17.8 Å². The lowest BCUT2D eigenvalue weighted by molar-refractivity contribution is -0.142. The highest BCUT2D eigenvalue weighted by Gasteiger charge is 2.37. The Kier molecular flexibility index (Phi) is 10.4. The number of aromatic nitrogens is 2. The minimum Gasteiger partial charge on any atom is -0.507 e. The van der Waals surface area contributed by atoms with E-state index in [0.717, 1.165) is 12.8 Å². The molecule has 4 aromatic rings. The first-order valence-electron chi connectivity index (χ1n) is 15.4. The Morgan fingerprint density at radius 3 is 2.46 bits per heavy atom. The molecule has 3 amide bonds. The number of aromatic amines is 1. The topological polar surface area (TPSA) is 127 Å². The van der Waals surface area contributed by atoms with Crippen molar-refractivity contribution in [3.8, 4) is 28.8 Å². The van der Waals surface area contributed by atoms with Gasteiger partial charge in [-0.05, 0) is 73.7 Å². The van der Waals surface area contributed by atoms with E-state index in [-0.39, 0.29) is 29.4 Å². The second-order valence-electron chi connectivity index (χ2n) is 11.2. The number of aromatic hydroxyl groups is 1. The third kappa shape index (κ3) is 7.76. The molecule has 1 aromatic heterocycles. The second kappa shape index (κ2) is 14.8. The fourth-order valence-corrected chi connectivity index (χ4v) is 5.38. The molecule has 0 aliphatic heterocycles. The van der Waals surface area contributed by atoms with Gasteiger partial charge in [0.05, 0.1) is 17.5 Å². The number of nitrogens with one attached hydrogen (secondary N) is 3. The van der Waals surface area contributed by atoms with Crippen LogP contribution in [-0.2, 0) is 14.4 Å². The van der Waals surface area contributed by atoms with E-state index in [2.05, 4.69) is 32.7 Å². The number of hydrogen-bond donors (Lipinski definition) is 4. The Morgan fingerprint density at radius 1 is 1.04 bits per heavy atom. The highest BCUT2D eigenvalue weighted by molar-refractivity contribution is 6.31. The molecule has 2 atom stereocenters. The number of carbonyl (C=O) groups excluding carboxylic acids is 3. The smallest absolute Gasteiger partial charge is 0.250 e. The summed E-state index contributed by atoms with van der Waals surface area (Å²) >= 11 is 6.11. The van der Waals surface area contributed by atoms with E-state index in [9.17, 15) is 19.5 Å². The molecule has 0 radical (unpaired) electrons. The van der Waals surface area contributed by atoms with Crippen LogP contribution < -0.4 is 10.6 Å². The molecular formula is C36H36ClN5O4. The fraction of sp³-hybridized carbons (Fsp3) is 0.278. The summed E-state index contributed by atoms with van der Waals surface area (Å²) in [6.07, 6.45) is 4.26. The second-order valence-corrected chi connectivity index (χ2v) is 11.7. The zero-order valence-corrected chi connectivity index (χ0v) is 26.5. The van der Waals surface area contributed by atoms with Gasteiger partial charge in [-0.2, -0.15) is 5.10 Å². The van der Waals surface area contributed by atoms with Crippen LogP contribution in [-0.4, -0.2) is 50.5 Å². The molecule has 9 nitrogen and oxygen atoms in total. The molecule has 1 aliphatic rings. The summed E-state index contributed by atoms with van der Waals surface area (Å²) in [6, 6.07) is 19.4. The minimum atomic E-state index is -0.876. The largest absolute Gasteiger partial charge is 0.507 e. The number of benzene rings is 3. The number of carbonyl (C=O) groups is 3. The van der Waals surface area contributed by atoms with E-state index in [4.69, 9.17) is 11.6 Å². The molecule has 0 spiro atoms. The number of phenolic OH excluding ortho intramolecular Hbond substituents is 1. The number of amides is 3. The normalized spacial score (nSPS) is 13.5. The number of H-pyrrole nitrogens is 1. The molecule has 46 heavy (non-hydrogen) atoms. The molecule has 1 aliphatic carbocycles. The van der Waals surface area contributed by atoms with Gasteiger partial charge in [0.15, 0.2) is 0 Å². The van der Waals surface area contributed by atoms with Gasteiger partial charge in [0.2, 0.25) is 17.7 Å². The van der Waals surface area contributed by atoms with Gasteiger partial charge in [0.25, 0.3) is 0 Å². The van der Waals surface area contributed by atoms with Crippen molar-refractivity contribution in [3.05, 3.63) is 101 Å². The standard InChI is InChI=1S/C36H36ClN5O4/c1-3-20-42(36(46)33(24-8-6-5-7-9-24)40-34(44)25-14-15-25)30(4-2)35(45)39-28-17-11-23(12-18-28)10-13-26-22-38-41-32(26)29-21-27(37)16-19-31(29)43/h5-9,11-12,16-19,21-22,25,30,33,43H,3-4,14-15,20H2,1-2H3,(H,38,41)(H,39,45)(H,40,44)/t30-,33+/m0/s1. The SMILES string of the molecule is CCCN(C(=O)[C@H](NC(=O)C1CC1)c1ccccc1)[C@@H](CC)C(=O)Nc1ccc(C#Cc2cn[nH]c2-c2cc(Cl)ccc2O)cc1. The van der Waals surface area contributed by atoms with Crippen LogP contribution in [0.15, 0.2) is 79.0 Å². The average Bonchev–Trinajstić information content (AvgIpc) is 3.82. The summed E-state index contributed by atoms with van der Waals surface area (Å²) in [7, 11) is 0. The zero-order chi connectivity index (χ0) is 32.6. The first-order chi connectivity index (χ1) is 22.3. The van der Waals surface area contributed by atoms with Crippen molar-refractivity contribution >= 4 is 35.0 Å². The van der Waals surface area contributed by atoms with Gasteiger partial charge in [0, 0.05) is 34.3 Å². The highest BCUT2D eigenvalue weighted by atomic mass is 35.5. The molecule has 1 heterocycles. The number of halogens is 1. The quantitative estimate of drug-likeness (QED) is 0.149. The number of anilines is 1. The predicted octanol–water partition coefficient (Wildman–Crippen LogP) is 6.06. The molecule has 1 fully saturated rings. The molecule has 3 aromatic carbocycles. The summed E-state index contributed by atoms with van der Waals surface area (Å²) in [5.74, 6) is 5.40. The molecule has 0 bridgehead atoms. The lowest BCUT2D eigenvalue weighted by Gasteiger charge is -2.33. The van der Waals surface area contributed by atoms with Crippen molar-refractivity contribution in [2.45, 2.75) is 51.6 Å². The van der Waals surface area contributed by atoms with Crippen LogP contribution in [0.3, 0.4) is 0 Å². The fourth-order valence-electron chi connectivity index (χ4n) is 5.21. The maximum atomic E-state index is 14.0. The minimum absolute atomic E-state index is 0.0555. The Hall–Kier alpha value is -5.07. The van der Waals surface area contributed by atoms with Gasteiger partial charge in [-0.15, -0.1) is 0 Å². The first-order valence-corrected chi connectivity index (χ1v) is 15.8. The van der Waals surface area contributed by atoms with Crippen molar-refractivity contribution in [2.75, 3.05) is 11.9 Å². The maximum absolute atomic E-state index is 14.0. The van der Waals surface area contributed by atoms with Gasteiger partial charge in [-0.3, -0.25) is 19.5 Å². The van der Waals surface area contributed by atoms with Gasteiger partial charge >= 0.3 is 0 Å². The van der Waals surface area contributed by atoms with Gasteiger partial charge < -0.3 is 20.6 Å². The number of nitrogens with zero attached hydrogens (tertiary/aromatic N) is 2. The van der Waals surface area contributed by atoms with Crippen LogP contribution in [0.4, 0.5) is 5.69 Å². The Bertz CT molecular complexity index is 1760. The lowest BCUT2D eigenvalue weighted by Crippen LogP contribution is -2.52. The number of rotatable bonds is 11. The molecule has 5 rings (SSSR count). The maximum Gasteiger partial charge on any atom is 0.250 e. The highest BCUT2D eigenvalue weighted by Crippen LogP contribution is 2.32. The van der Waals surface area contributed by atoms with Crippen LogP contribution in [0, 0.1) is 17.8 Å². The zero-order valence-electron chi connectivity index (χ0n) is 25.7. The van der Waals surface area contributed by atoms with E-state index < -0.39 is 12.1 Å². The summed E-state index contributed by atoms with van der Waals surface area (Å²) in [4.78, 5) is 41.9. The van der Waals surface area contributed by atoms with Crippen LogP contribution >= 0.6 is 11.6 Å². The van der Waals surface area contributed by atoms with E-state index in [0.29, 0.717) is 58.0 Å². The molecule has 0 unspecified atom stereocenters. The van der Waals surface area contributed by atoms with E-state index in [1.165, 1.54) is 6.07 Å². The lowest BCUT2D eigenvalue weighted by atomic mass is 10.0. The van der Waals surface area contributed by atoms with Crippen LogP contribution in [0.5, 0.6) is 5.75 Å². The summed E-state index contributed by atoms with van der Waals surface area (Å²) in [5.41, 5.74) is 3.58. The van der Waals surface area contributed by atoms with Crippen LogP contribution in [0.1, 0.15) is 62.3 Å². The predicted molar refractivity (Wildman–Crippen MR) is 178 cm³/mol. The van der Waals surface area contributed by atoms with Crippen LogP contribution in [0.25, 0.3) is 11.3 Å². The summed E-state index contributed by atoms with van der Waals surface area (Å²) in [6.45, 7) is 4.19. The molecule has 4 N–H and O–H groups in total. The molecule has 1 saturated carbocycles. The molecular weight excluding hydrogens is 602 g/mol. The first kappa shape index (κ1) is 32.3. The monoisotopic (exact) mass is 637 g/mol. The van der Waals surface area contributed by atoms with Crippen molar-refractivity contribution in [3.63, 3.8) is 0 Å². The van der Waals surface area contributed by atoms with Crippen molar-refractivity contribution in [1.29, 1.82) is 0 Å². The molecule has 236 valence electrons. The third-order valence-electron chi connectivity index (χ3n) is 7.79. The van der Waals surface area contributed by atoms with E-state index in [1.807, 2.05) is 44.2 Å². The van der Waals surface area contributed by atoms with Crippen LogP contribution in [0.2, 0.25) is 5.02 Å². The van der Waals surface area contributed by atoms with E-state index >= 15 is 0 Å². The van der Waals surface area contributed by atoms with E-state index in [1.54, 1.807) is 47.5 Å². The van der Waals surface area contributed by atoms with Gasteiger partial charge in [-0.25, -0.2) is 0 Å². The van der Waals surface area contributed by atoms with Crippen molar-refractivity contribution in [1.82, 2.24) is 20.4 Å². The Labute approximate surface area is 273 Å². The summed E-state index contributed by atoms with van der Waals surface area (Å²) < 4.78 is 0. The molecule has 0 saturated heterocycles. The number of hydrogen-bond acceptors (Lipinski definition) is 5. The third-order valence-corrected chi connectivity index (χ3v) is 8.02. The molecule has 10 heteroatoms. The van der Waals surface area contributed by atoms with Crippen molar-refractivity contribution in [2.24, 2.45) is 5.92 Å². The van der Waals surface area contributed by atoms with Crippen molar-refractivity contribution < 1.29 is 19.5 Å².